The Kier molecular flexibility index (Phi) is 5.64. The predicted molar refractivity (Wildman–Crippen MR) is 94.7 cm³/mol. The molecule has 0 unspecified atom stereocenters. The minimum Gasteiger partial charge on any atom is -0.323 e. The molecule has 0 aliphatic carbocycles. The van der Waals surface area contributed by atoms with Crippen LogP contribution in [0.15, 0.2) is 48.5 Å². The van der Waals surface area contributed by atoms with Crippen LogP contribution >= 0.6 is 23.2 Å². The molecule has 0 spiro atoms. The normalized spacial score (nSPS) is 11.1. The molecule has 0 saturated carbocycles. The number of benzene rings is 2. The Balaban J connectivity index is 2.01. The lowest BCUT2D eigenvalue weighted by molar-refractivity contribution is -0.111. The summed E-state index contributed by atoms with van der Waals surface area (Å²) in [6.45, 7) is 4.26. The molecule has 0 aromatic heterocycles. The molecule has 114 valence electrons. The van der Waals surface area contributed by atoms with Gasteiger partial charge in [0.1, 0.15) is 0 Å². The van der Waals surface area contributed by atoms with Crippen molar-refractivity contribution in [1.82, 2.24) is 0 Å². The fourth-order valence-electron chi connectivity index (χ4n) is 1.94. The van der Waals surface area contributed by atoms with Crippen LogP contribution in [0.4, 0.5) is 5.69 Å². The molecule has 0 fully saturated rings. The number of carbonyl (C=O) groups excluding carboxylic acids is 1. The predicted octanol–water partition coefficient (Wildman–Crippen LogP) is 5.77. The van der Waals surface area contributed by atoms with Gasteiger partial charge in [0, 0.05) is 21.8 Å². The number of rotatable bonds is 4. The van der Waals surface area contributed by atoms with Gasteiger partial charge in [-0.25, -0.2) is 0 Å². The number of hydrogen-bond acceptors (Lipinski definition) is 1. The van der Waals surface area contributed by atoms with Gasteiger partial charge >= 0.3 is 0 Å². The van der Waals surface area contributed by atoms with Gasteiger partial charge in [-0.05, 0) is 47.4 Å². The van der Waals surface area contributed by atoms with Crippen LogP contribution in [0.3, 0.4) is 0 Å². The third kappa shape index (κ3) is 4.62. The molecule has 1 amide bonds. The second-order valence-electron chi connectivity index (χ2n) is 5.27. The Hall–Kier alpha value is -1.77. The fraction of sp³-hybridized carbons (Fsp3) is 0.167. The molecule has 0 aliphatic rings. The van der Waals surface area contributed by atoms with Gasteiger partial charge in [-0.3, -0.25) is 4.79 Å². The Morgan fingerprint density at radius 3 is 2.36 bits per heavy atom. The Labute approximate surface area is 140 Å². The quantitative estimate of drug-likeness (QED) is 0.707. The molecule has 22 heavy (non-hydrogen) atoms. The lowest BCUT2D eigenvalue weighted by Crippen LogP contribution is -2.07. The smallest absolute Gasteiger partial charge is 0.248 e. The van der Waals surface area contributed by atoms with Crippen LogP contribution < -0.4 is 5.32 Å². The molecule has 0 saturated heterocycles. The van der Waals surface area contributed by atoms with Crippen LogP contribution in [-0.4, -0.2) is 5.91 Å². The maximum Gasteiger partial charge on any atom is 0.248 e. The minimum atomic E-state index is -0.205. The van der Waals surface area contributed by atoms with Crippen molar-refractivity contribution in [2.45, 2.75) is 19.8 Å². The number of anilines is 1. The summed E-state index contributed by atoms with van der Waals surface area (Å²) in [6.07, 6.45) is 3.11. The van der Waals surface area contributed by atoms with Gasteiger partial charge in [0.2, 0.25) is 5.91 Å². The van der Waals surface area contributed by atoms with Crippen molar-refractivity contribution in [3.8, 4) is 0 Å². The first-order valence-corrected chi connectivity index (χ1v) is 7.75. The first-order valence-electron chi connectivity index (χ1n) is 7.00. The second kappa shape index (κ2) is 7.48. The number of nitrogens with one attached hydrogen (secondary N) is 1. The summed E-state index contributed by atoms with van der Waals surface area (Å²) in [5.74, 6) is 0.264. The molecule has 0 atom stereocenters. The van der Waals surface area contributed by atoms with Crippen molar-refractivity contribution in [3.05, 3.63) is 69.7 Å². The maximum absolute atomic E-state index is 11.9. The zero-order valence-electron chi connectivity index (χ0n) is 12.4. The highest BCUT2D eigenvalue weighted by atomic mass is 35.5. The van der Waals surface area contributed by atoms with Gasteiger partial charge in [-0.2, -0.15) is 0 Å². The van der Waals surface area contributed by atoms with E-state index in [0.717, 1.165) is 11.3 Å². The van der Waals surface area contributed by atoms with E-state index in [9.17, 15) is 4.79 Å². The zero-order chi connectivity index (χ0) is 16.1. The average molecular weight is 334 g/mol. The molecular formula is C18H17Cl2NO. The number of amides is 1. The summed E-state index contributed by atoms with van der Waals surface area (Å²) in [4.78, 5) is 11.9. The minimum absolute atomic E-state index is 0.205. The topological polar surface area (TPSA) is 29.1 Å². The van der Waals surface area contributed by atoms with E-state index in [0.29, 0.717) is 16.0 Å². The molecule has 2 aromatic carbocycles. The highest BCUT2D eigenvalue weighted by Gasteiger charge is 2.02. The molecule has 0 radical (unpaired) electrons. The van der Waals surface area contributed by atoms with Crippen molar-refractivity contribution >= 4 is 40.9 Å². The van der Waals surface area contributed by atoms with E-state index in [1.54, 1.807) is 24.3 Å². The summed E-state index contributed by atoms with van der Waals surface area (Å²) in [7, 11) is 0. The molecule has 2 aromatic rings. The number of carbonyl (C=O) groups is 1. The first-order chi connectivity index (χ1) is 10.5. The fourth-order valence-corrected chi connectivity index (χ4v) is 2.41. The summed E-state index contributed by atoms with van der Waals surface area (Å²) in [5, 5.41) is 3.89. The van der Waals surface area contributed by atoms with Crippen molar-refractivity contribution in [2.75, 3.05) is 5.32 Å². The molecule has 2 rings (SSSR count). The van der Waals surface area contributed by atoms with Crippen molar-refractivity contribution in [3.63, 3.8) is 0 Å². The van der Waals surface area contributed by atoms with Gasteiger partial charge in [0.15, 0.2) is 0 Å². The van der Waals surface area contributed by atoms with Gasteiger partial charge in [-0.1, -0.05) is 55.2 Å². The highest BCUT2D eigenvalue weighted by Crippen LogP contribution is 2.22. The number of hydrogen-bond donors (Lipinski definition) is 1. The summed E-state index contributed by atoms with van der Waals surface area (Å²) in [5.41, 5.74) is 2.75. The molecular weight excluding hydrogens is 317 g/mol. The van der Waals surface area contributed by atoms with Crippen LogP contribution in [0.5, 0.6) is 0 Å². The lowest BCUT2D eigenvalue weighted by atomic mass is 10.0. The van der Waals surface area contributed by atoms with E-state index in [2.05, 4.69) is 19.2 Å². The van der Waals surface area contributed by atoms with Crippen molar-refractivity contribution < 1.29 is 4.79 Å². The van der Waals surface area contributed by atoms with Gasteiger partial charge in [-0.15, -0.1) is 0 Å². The summed E-state index contributed by atoms with van der Waals surface area (Å²) >= 11 is 11.9. The Morgan fingerprint density at radius 2 is 1.77 bits per heavy atom. The Bertz CT molecular complexity index is 691. The molecule has 4 heteroatoms. The number of halogens is 2. The molecule has 0 aliphatic heterocycles. The van der Waals surface area contributed by atoms with E-state index in [-0.39, 0.29) is 5.91 Å². The molecule has 2 nitrogen and oxygen atoms in total. The first kappa shape index (κ1) is 16.6. The van der Waals surface area contributed by atoms with Crippen LogP contribution in [0.1, 0.15) is 30.9 Å². The highest BCUT2D eigenvalue weighted by molar-refractivity contribution is 6.35. The standard InChI is InChI=1S/C18H17Cl2NO/c1-12(2)13-4-8-16(9-5-13)21-18(22)10-6-14-3-7-15(19)11-17(14)20/h3-12H,1-2H3,(H,21,22). The van der Waals surface area contributed by atoms with Gasteiger partial charge < -0.3 is 5.32 Å². The molecule has 1 N–H and O–H groups in total. The second-order valence-corrected chi connectivity index (χ2v) is 6.11. The van der Waals surface area contributed by atoms with E-state index in [1.807, 2.05) is 24.3 Å². The van der Waals surface area contributed by atoms with E-state index in [1.165, 1.54) is 11.6 Å². The third-order valence-corrected chi connectivity index (χ3v) is 3.78. The van der Waals surface area contributed by atoms with Crippen LogP contribution in [0.25, 0.3) is 6.08 Å². The largest absolute Gasteiger partial charge is 0.323 e. The SMILES string of the molecule is CC(C)c1ccc(NC(=O)C=Cc2ccc(Cl)cc2Cl)cc1. The van der Waals surface area contributed by atoms with Crippen molar-refractivity contribution in [1.29, 1.82) is 0 Å². The monoisotopic (exact) mass is 333 g/mol. The van der Waals surface area contributed by atoms with Crippen LogP contribution in [0.2, 0.25) is 10.0 Å². The van der Waals surface area contributed by atoms with E-state index < -0.39 is 0 Å². The summed E-state index contributed by atoms with van der Waals surface area (Å²) < 4.78 is 0. The summed E-state index contributed by atoms with van der Waals surface area (Å²) in [6, 6.07) is 13.0. The third-order valence-electron chi connectivity index (χ3n) is 3.22. The van der Waals surface area contributed by atoms with Crippen molar-refractivity contribution in [2.24, 2.45) is 0 Å². The van der Waals surface area contributed by atoms with Gasteiger partial charge in [0.05, 0.1) is 0 Å². The van der Waals surface area contributed by atoms with Crippen LogP contribution in [0, 0.1) is 0 Å². The van der Waals surface area contributed by atoms with E-state index in [4.69, 9.17) is 23.2 Å². The lowest BCUT2D eigenvalue weighted by Gasteiger charge is -2.07. The molecule has 0 bridgehead atoms. The van der Waals surface area contributed by atoms with E-state index >= 15 is 0 Å². The Morgan fingerprint density at radius 1 is 1.09 bits per heavy atom. The van der Waals surface area contributed by atoms with Crippen LogP contribution in [-0.2, 0) is 4.79 Å². The maximum atomic E-state index is 11.9. The molecule has 0 heterocycles. The zero-order valence-corrected chi connectivity index (χ0v) is 13.9. The average Bonchev–Trinajstić information content (AvgIpc) is 2.47. The van der Waals surface area contributed by atoms with Gasteiger partial charge in [0.25, 0.3) is 0 Å².